The predicted molar refractivity (Wildman–Crippen MR) is 140 cm³/mol. The molecule has 2 fully saturated rings. The van der Waals surface area contributed by atoms with Crippen molar-refractivity contribution in [1.82, 2.24) is 30.0 Å². The number of benzene rings is 1. The van der Waals surface area contributed by atoms with Crippen LogP contribution < -0.4 is 16.2 Å². The van der Waals surface area contributed by atoms with Crippen LogP contribution in [0.2, 0.25) is 0 Å². The van der Waals surface area contributed by atoms with E-state index in [4.69, 9.17) is 5.11 Å². The third kappa shape index (κ3) is 5.43. The number of hydrogen-bond acceptors (Lipinski definition) is 8. The average molecular weight is 557 g/mol. The summed E-state index contributed by atoms with van der Waals surface area (Å²) in [6.45, 7) is 2.61. The number of carbonyl (C=O) groups excluding carboxylic acids is 3. The van der Waals surface area contributed by atoms with Crippen LogP contribution in [0.4, 0.5) is 4.39 Å². The summed E-state index contributed by atoms with van der Waals surface area (Å²) in [5.41, 5.74) is -1.80. The van der Waals surface area contributed by atoms with Crippen LogP contribution in [-0.4, -0.2) is 86.6 Å². The highest BCUT2D eigenvalue weighted by Crippen LogP contribution is 2.43. The molecule has 0 spiro atoms. The number of rotatable bonds is 6. The number of fused-ring (bicyclic) bond motifs is 2. The standard InChI is InChI=1S/C27H33FN6O6/c28-19-3-1-17(2-4-19)15-29-22(37)20-21(36)24(39)34-16-18-5-7-27(8-6-18,26(34)30-20)31-23(38)25(40)33-11-9-32(10-12-33)13-14-35/h1-4,18,35-36H,5-16H2,(H,29,37)(H,31,38). The SMILES string of the molecule is O=C(NC12CCC(CC1)Cn1c2nc(C(=O)NCc2ccc(F)cc2)c(O)c1=O)C(=O)N1CCN(CCO)CC1. The number of carbonyl (C=O) groups is 3. The van der Waals surface area contributed by atoms with E-state index in [1.54, 1.807) is 0 Å². The molecule has 6 rings (SSSR count). The van der Waals surface area contributed by atoms with Crippen molar-refractivity contribution in [3.8, 4) is 5.75 Å². The third-order valence-electron chi connectivity index (χ3n) is 8.18. The van der Waals surface area contributed by atoms with Gasteiger partial charge in [-0.1, -0.05) is 12.1 Å². The molecule has 3 aliphatic heterocycles. The van der Waals surface area contributed by atoms with Gasteiger partial charge in [0.25, 0.3) is 11.5 Å². The minimum atomic E-state index is -1.16. The summed E-state index contributed by atoms with van der Waals surface area (Å²) in [4.78, 5) is 60.5. The Balaban J connectivity index is 1.39. The molecule has 12 nitrogen and oxygen atoms in total. The van der Waals surface area contributed by atoms with Crippen molar-refractivity contribution >= 4 is 17.7 Å². The van der Waals surface area contributed by atoms with E-state index in [1.807, 2.05) is 4.90 Å². The van der Waals surface area contributed by atoms with Gasteiger partial charge in [-0.15, -0.1) is 0 Å². The molecule has 4 N–H and O–H groups in total. The lowest BCUT2D eigenvalue weighted by atomic mass is 9.77. The predicted octanol–water partition coefficient (Wildman–Crippen LogP) is -0.330. The first kappa shape index (κ1) is 27.7. The Hall–Kier alpha value is -3.84. The van der Waals surface area contributed by atoms with E-state index in [2.05, 4.69) is 15.6 Å². The van der Waals surface area contributed by atoms with Crippen LogP contribution in [0.25, 0.3) is 0 Å². The molecule has 0 atom stereocenters. The summed E-state index contributed by atoms with van der Waals surface area (Å²) in [6.07, 6.45) is 2.19. The Morgan fingerprint density at radius 3 is 2.40 bits per heavy atom. The molecule has 0 unspecified atom stereocenters. The molecule has 4 heterocycles. The molecule has 2 aromatic rings. The first-order valence-electron chi connectivity index (χ1n) is 13.5. The molecule has 13 heteroatoms. The second-order valence-corrected chi connectivity index (χ2v) is 10.7. The van der Waals surface area contributed by atoms with Crippen LogP contribution in [0.5, 0.6) is 5.75 Å². The molecule has 1 saturated heterocycles. The smallest absolute Gasteiger partial charge is 0.311 e. The van der Waals surface area contributed by atoms with E-state index in [-0.39, 0.29) is 31.4 Å². The number of nitrogens with one attached hydrogen (secondary N) is 2. The second kappa shape index (κ2) is 11.3. The fourth-order valence-corrected chi connectivity index (χ4v) is 5.85. The van der Waals surface area contributed by atoms with Crippen LogP contribution in [0.1, 0.15) is 47.6 Å². The van der Waals surface area contributed by atoms with Gasteiger partial charge in [-0.3, -0.25) is 28.6 Å². The van der Waals surface area contributed by atoms with E-state index < -0.39 is 46.1 Å². The van der Waals surface area contributed by atoms with Crippen molar-refractivity contribution in [2.75, 3.05) is 39.3 Å². The molecule has 3 amide bonds. The monoisotopic (exact) mass is 556 g/mol. The first-order valence-corrected chi connectivity index (χ1v) is 13.5. The highest BCUT2D eigenvalue weighted by atomic mass is 19.1. The number of nitrogens with zero attached hydrogens (tertiary/aromatic N) is 4. The lowest BCUT2D eigenvalue weighted by Crippen LogP contribution is -2.57. The van der Waals surface area contributed by atoms with Crippen LogP contribution in [0.15, 0.2) is 29.1 Å². The number of hydrogen-bond donors (Lipinski definition) is 4. The van der Waals surface area contributed by atoms with Crippen LogP contribution in [0.3, 0.4) is 0 Å². The van der Waals surface area contributed by atoms with Gasteiger partial charge < -0.3 is 25.7 Å². The van der Waals surface area contributed by atoms with Gasteiger partial charge in [0.15, 0.2) is 5.69 Å². The zero-order valence-corrected chi connectivity index (χ0v) is 22.1. The van der Waals surface area contributed by atoms with Crippen molar-refractivity contribution in [3.05, 3.63) is 57.5 Å². The Labute approximate surface area is 229 Å². The van der Waals surface area contributed by atoms with Gasteiger partial charge in [0.1, 0.15) is 11.6 Å². The molecule has 4 aliphatic rings. The number of amides is 3. The van der Waals surface area contributed by atoms with Crippen LogP contribution >= 0.6 is 0 Å². The maximum atomic E-state index is 13.3. The highest BCUT2D eigenvalue weighted by molar-refractivity contribution is 6.35. The molecule has 1 aromatic heterocycles. The van der Waals surface area contributed by atoms with E-state index in [1.165, 1.54) is 33.7 Å². The van der Waals surface area contributed by atoms with Crippen molar-refractivity contribution < 1.29 is 29.0 Å². The zero-order valence-electron chi connectivity index (χ0n) is 22.1. The van der Waals surface area contributed by atoms with Gasteiger partial charge in [-0.2, -0.15) is 0 Å². The molecule has 1 aromatic carbocycles. The van der Waals surface area contributed by atoms with E-state index in [9.17, 15) is 28.7 Å². The topological polar surface area (TPSA) is 157 Å². The molecule has 2 bridgehead atoms. The highest BCUT2D eigenvalue weighted by Gasteiger charge is 2.47. The van der Waals surface area contributed by atoms with Gasteiger partial charge in [0, 0.05) is 45.8 Å². The normalized spacial score (nSPS) is 22.4. The number of aliphatic hydroxyl groups excluding tert-OH is 1. The van der Waals surface area contributed by atoms with Gasteiger partial charge >= 0.3 is 11.8 Å². The van der Waals surface area contributed by atoms with Crippen molar-refractivity contribution in [2.45, 2.75) is 44.3 Å². The fourth-order valence-electron chi connectivity index (χ4n) is 5.85. The quantitative estimate of drug-likeness (QED) is 0.353. The van der Waals surface area contributed by atoms with E-state index in [0.717, 1.165) is 0 Å². The van der Waals surface area contributed by atoms with Gasteiger partial charge in [0.05, 0.1) is 12.1 Å². The Kier molecular flexibility index (Phi) is 7.86. The zero-order chi connectivity index (χ0) is 28.4. The average Bonchev–Trinajstić information content (AvgIpc) is 3.20. The van der Waals surface area contributed by atoms with Crippen molar-refractivity contribution in [2.24, 2.45) is 5.92 Å². The number of aliphatic hydroxyl groups is 1. The summed E-state index contributed by atoms with van der Waals surface area (Å²) < 4.78 is 14.5. The van der Waals surface area contributed by atoms with E-state index in [0.29, 0.717) is 64.0 Å². The summed E-state index contributed by atoms with van der Waals surface area (Å²) in [6, 6.07) is 5.51. The number of β-amino-alcohol motifs (C(OH)–C–C–N with tert-alkyl or cyclic N) is 1. The Bertz CT molecular complexity index is 1350. The molecule has 1 saturated carbocycles. The first-order chi connectivity index (χ1) is 19.2. The maximum Gasteiger partial charge on any atom is 0.311 e. The van der Waals surface area contributed by atoms with Gasteiger partial charge in [-0.05, 0) is 49.3 Å². The fraction of sp³-hybridized carbons (Fsp3) is 0.519. The summed E-state index contributed by atoms with van der Waals surface area (Å²) in [5.74, 6) is -3.23. The molecule has 1 aliphatic carbocycles. The van der Waals surface area contributed by atoms with Gasteiger partial charge in [-0.25, -0.2) is 9.37 Å². The summed E-state index contributed by atoms with van der Waals surface area (Å²) >= 11 is 0. The largest absolute Gasteiger partial charge is 0.501 e. The number of halogens is 1. The summed E-state index contributed by atoms with van der Waals surface area (Å²) in [7, 11) is 0. The number of aromatic hydroxyl groups is 1. The van der Waals surface area contributed by atoms with Crippen molar-refractivity contribution in [3.63, 3.8) is 0 Å². The van der Waals surface area contributed by atoms with Crippen molar-refractivity contribution in [1.29, 1.82) is 0 Å². The van der Waals surface area contributed by atoms with Gasteiger partial charge in [0.2, 0.25) is 5.75 Å². The van der Waals surface area contributed by atoms with Crippen LogP contribution in [-0.2, 0) is 28.2 Å². The molecular formula is C27H33FN6O6. The number of aromatic nitrogens is 2. The Morgan fingerprint density at radius 2 is 1.75 bits per heavy atom. The molecule has 214 valence electrons. The maximum absolute atomic E-state index is 13.3. The second-order valence-electron chi connectivity index (χ2n) is 10.7. The molecule has 0 radical (unpaired) electrons. The third-order valence-corrected chi connectivity index (χ3v) is 8.18. The lowest BCUT2D eigenvalue weighted by Gasteiger charge is -2.38. The summed E-state index contributed by atoms with van der Waals surface area (Å²) in [5, 5.41) is 25.3. The van der Waals surface area contributed by atoms with E-state index >= 15 is 0 Å². The minimum absolute atomic E-state index is 0.0165. The Morgan fingerprint density at radius 1 is 1.07 bits per heavy atom. The lowest BCUT2D eigenvalue weighted by molar-refractivity contribution is -0.148. The molecule has 40 heavy (non-hydrogen) atoms. The molecular weight excluding hydrogens is 523 g/mol. The number of piperazine rings is 1. The minimum Gasteiger partial charge on any atom is -0.501 e. The van der Waals surface area contributed by atoms with Crippen LogP contribution in [0, 0.1) is 11.7 Å².